The second-order valence-electron chi connectivity index (χ2n) is 6.49. The minimum absolute atomic E-state index is 0.524. The predicted molar refractivity (Wildman–Crippen MR) is 90.4 cm³/mol. The second kappa shape index (κ2) is 6.44. The van der Waals surface area contributed by atoms with Crippen molar-refractivity contribution in [2.24, 2.45) is 0 Å². The molecule has 3 rings (SSSR count). The first-order valence-electron chi connectivity index (χ1n) is 8.15. The topological polar surface area (TPSA) is 12.0 Å². The van der Waals surface area contributed by atoms with Crippen LogP contribution >= 0.6 is 0 Å². The maximum Gasteiger partial charge on any atom is 0.0208 e. The fourth-order valence-corrected chi connectivity index (χ4v) is 2.90. The molecule has 0 bridgehead atoms. The summed E-state index contributed by atoms with van der Waals surface area (Å²) >= 11 is 0. The zero-order chi connectivity index (χ0) is 14.7. The Bertz CT molecular complexity index is 596. The van der Waals surface area contributed by atoms with E-state index in [0.29, 0.717) is 6.04 Å². The Morgan fingerprint density at radius 2 is 1.71 bits per heavy atom. The van der Waals surface area contributed by atoms with E-state index in [0.717, 1.165) is 12.5 Å². The average Bonchev–Trinajstić information content (AvgIpc) is 2.44. The van der Waals surface area contributed by atoms with Crippen molar-refractivity contribution < 1.29 is 0 Å². The fourth-order valence-electron chi connectivity index (χ4n) is 2.90. The summed E-state index contributed by atoms with van der Waals surface area (Å²) in [6.07, 6.45) is 4.12. The number of hydrogen-bond donors (Lipinski definition) is 1. The first-order chi connectivity index (χ1) is 10.2. The Labute approximate surface area is 128 Å². The molecule has 2 aromatic carbocycles. The van der Waals surface area contributed by atoms with E-state index in [2.05, 4.69) is 67.7 Å². The van der Waals surface area contributed by atoms with Gasteiger partial charge in [-0.05, 0) is 47.1 Å². The van der Waals surface area contributed by atoms with Crippen molar-refractivity contribution in [2.75, 3.05) is 0 Å². The van der Waals surface area contributed by atoms with Crippen LogP contribution in [-0.2, 0) is 6.54 Å². The molecule has 0 unspecified atom stereocenters. The lowest BCUT2D eigenvalue weighted by Crippen LogP contribution is -2.21. The smallest absolute Gasteiger partial charge is 0.0208 e. The number of hydrogen-bond acceptors (Lipinski definition) is 1. The van der Waals surface area contributed by atoms with Crippen molar-refractivity contribution in [2.45, 2.75) is 51.6 Å². The average molecular weight is 279 g/mol. The van der Waals surface area contributed by atoms with Gasteiger partial charge in [-0.15, -0.1) is 0 Å². The van der Waals surface area contributed by atoms with Crippen molar-refractivity contribution in [3.05, 3.63) is 59.7 Å². The third-order valence-corrected chi connectivity index (χ3v) is 4.44. The molecule has 1 aliphatic rings. The molecule has 1 heteroatoms. The van der Waals surface area contributed by atoms with Crippen LogP contribution in [0.2, 0.25) is 0 Å². The van der Waals surface area contributed by atoms with Crippen molar-refractivity contribution >= 4 is 0 Å². The first kappa shape index (κ1) is 14.3. The number of rotatable bonds is 5. The first-order valence-corrected chi connectivity index (χ1v) is 8.15. The Balaban J connectivity index is 1.81. The standard InChI is InChI=1S/C20H25N/c1-15(2)21-14-16-6-3-9-18(12-16)20-11-5-10-19(13-20)17-7-4-8-17/h3,5-6,9-13,15,17,21H,4,7-8,14H2,1-2H3. The molecule has 1 aliphatic carbocycles. The molecular weight excluding hydrogens is 254 g/mol. The van der Waals surface area contributed by atoms with Gasteiger partial charge in [-0.25, -0.2) is 0 Å². The van der Waals surface area contributed by atoms with Crippen molar-refractivity contribution in [1.29, 1.82) is 0 Å². The molecule has 0 aliphatic heterocycles. The Hall–Kier alpha value is -1.60. The molecule has 0 amide bonds. The highest BCUT2D eigenvalue weighted by molar-refractivity contribution is 5.65. The quantitative estimate of drug-likeness (QED) is 0.801. The molecule has 1 fully saturated rings. The lowest BCUT2D eigenvalue weighted by atomic mass is 9.79. The van der Waals surface area contributed by atoms with E-state index < -0.39 is 0 Å². The summed E-state index contributed by atoms with van der Waals surface area (Å²) in [5, 5.41) is 3.49. The molecule has 21 heavy (non-hydrogen) atoms. The van der Waals surface area contributed by atoms with Crippen LogP contribution in [0.5, 0.6) is 0 Å². The van der Waals surface area contributed by atoms with Gasteiger partial charge >= 0.3 is 0 Å². The normalized spacial score (nSPS) is 15.2. The summed E-state index contributed by atoms with van der Waals surface area (Å²) in [7, 11) is 0. The highest BCUT2D eigenvalue weighted by atomic mass is 14.9. The molecule has 110 valence electrons. The van der Waals surface area contributed by atoms with E-state index in [1.54, 1.807) is 0 Å². The van der Waals surface area contributed by atoms with Crippen molar-refractivity contribution in [1.82, 2.24) is 5.32 Å². The van der Waals surface area contributed by atoms with Crippen LogP contribution < -0.4 is 5.32 Å². The largest absolute Gasteiger partial charge is 0.310 e. The van der Waals surface area contributed by atoms with Gasteiger partial charge in [0, 0.05) is 12.6 Å². The van der Waals surface area contributed by atoms with E-state index in [1.165, 1.54) is 41.5 Å². The molecule has 1 nitrogen and oxygen atoms in total. The summed E-state index contributed by atoms with van der Waals surface area (Å²) in [5.74, 6) is 0.802. The van der Waals surface area contributed by atoms with E-state index in [4.69, 9.17) is 0 Å². The molecule has 0 atom stereocenters. The van der Waals surface area contributed by atoms with Gasteiger partial charge in [-0.1, -0.05) is 62.7 Å². The highest BCUT2D eigenvalue weighted by Crippen LogP contribution is 2.37. The molecule has 0 saturated heterocycles. The van der Waals surface area contributed by atoms with Crippen LogP contribution in [-0.4, -0.2) is 6.04 Å². The number of benzene rings is 2. The van der Waals surface area contributed by atoms with Gasteiger partial charge in [-0.3, -0.25) is 0 Å². The lowest BCUT2D eigenvalue weighted by molar-refractivity contribution is 0.420. The molecule has 2 aromatic rings. The lowest BCUT2D eigenvalue weighted by Gasteiger charge is -2.26. The summed E-state index contributed by atoms with van der Waals surface area (Å²) in [6, 6.07) is 18.6. The van der Waals surface area contributed by atoms with Crippen LogP contribution in [0.1, 0.15) is 50.2 Å². The van der Waals surface area contributed by atoms with Crippen LogP contribution in [0.25, 0.3) is 11.1 Å². The maximum atomic E-state index is 3.49. The number of nitrogens with one attached hydrogen (secondary N) is 1. The second-order valence-corrected chi connectivity index (χ2v) is 6.49. The molecule has 1 saturated carbocycles. The zero-order valence-corrected chi connectivity index (χ0v) is 13.1. The summed E-state index contributed by atoms with van der Waals surface area (Å²) in [4.78, 5) is 0. The van der Waals surface area contributed by atoms with Gasteiger partial charge in [0.05, 0.1) is 0 Å². The molecule has 0 heterocycles. The summed E-state index contributed by atoms with van der Waals surface area (Å²) in [5.41, 5.74) is 5.56. The van der Waals surface area contributed by atoms with Gasteiger partial charge in [0.1, 0.15) is 0 Å². The highest BCUT2D eigenvalue weighted by Gasteiger charge is 2.19. The van der Waals surface area contributed by atoms with Gasteiger partial charge in [-0.2, -0.15) is 0 Å². The minimum atomic E-state index is 0.524. The van der Waals surface area contributed by atoms with Crippen molar-refractivity contribution in [3.63, 3.8) is 0 Å². The molecule has 1 N–H and O–H groups in total. The minimum Gasteiger partial charge on any atom is -0.310 e. The van der Waals surface area contributed by atoms with Crippen LogP contribution in [0.15, 0.2) is 48.5 Å². The van der Waals surface area contributed by atoms with Gasteiger partial charge in [0.15, 0.2) is 0 Å². The van der Waals surface area contributed by atoms with E-state index >= 15 is 0 Å². The monoisotopic (exact) mass is 279 g/mol. The fraction of sp³-hybridized carbons (Fsp3) is 0.400. The summed E-state index contributed by atoms with van der Waals surface area (Å²) in [6.45, 7) is 5.31. The van der Waals surface area contributed by atoms with Crippen LogP contribution in [0.3, 0.4) is 0 Å². The van der Waals surface area contributed by atoms with E-state index in [-0.39, 0.29) is 0 Å². The van der Waals surface area contributed by atoms with Gasteiger partial charge < -0.3 is 5.32 Å². The van der Waals surface area contributed by atoms with Gasteiger partial charge in [0.2, 0.25) is 0 Å². The van der Waals surface area contributed by atoms with E-state index in [9.17, 15) is 0 Å². The predicted octanol–water partition coefficient (Wildman–Crippen LogP) is 5.12. The molecule has 0 aromatic heterocycles. The molecular formula is C20H25N. The molecule has 0 spiro atoms. The zero-order valence-electron chi connectivity index (χ0n) is 13.1. The van der Waals surface area contributed by atoms with Gasteiger partial charge in [0.25, 0.3) is 0 Å². The third kappa shape index (κ3) is 3.54. The Kier molecular flexibility index (Phi) is 4.40. The van der Waals surface area contributed by atoms with Crippen molar-refractivity contribution in [3.8, 4) is 11.1 Å². The van der Waals surface area contributed by atoms with E-state index in [1.807, 2.05) is 0 Å². The molecule has 0 radical (unpaired) electrons. The Morgan fingerprint density at radius 3 is 2.38 bits per heavy atom. The van der Waals surface area contributed by atoms with Crippen LogP contribution in [0, 0.1) is 0 Å². The summed E-state index contributed by atoms with van der Waals surface area (Å²) < 4.78 is 0. The maximum absolute atomic E-state index is 3.49. The third-order valence-electron chi connectivity index (χ3n) is 4.44. The van der Waals surface area contributed by atoms with Crippen LogP contribution in [0.4, 0.5) is 0 Å². The SMILES string of the molecule is CC(C)NCc1cccc(-c2cccc(C3CCC3)c2)c1. The Morgan fingerprint density at radius 1 is 1.00 bits per heavy atom.